The number of phenols is 1. The number of carbonyl (C=O) groups excluding carboxylic acids is 1. The van der Waals surface area contributed by atoms with Crippen LogP contribution in [0.15, 0.2) is 42.5 Å². The first-order valence-corrected chi connectivity index (χ1v) is 8.04. The molecule has 1 N–H and O–H groups in total. The van der Waals surface area contributed by atoms with Gasteiger partial charge in [-0.05, 0) is 37.3 Å². The van der Waals surface area contributed by atoms with Crippen LogP contribution in [-0.2, 0) is 0 Å². The summed E-state index contributed by atoms with van der Waals surface area (Å²) in [4.78, 5) is 27.3. The summed E-state index contributed by atoms with van der Waals surface area (Å²) in [7, 11) is 0. The monoisotopic (exact) mass is 341 g/mol. The zero-order valence-corrected chi connectivity index (χ0v) is 13.9. The number of para-hydroxylation sites is 1. The first kappa shape index (κ1) is 16.8. The fourth-order valence-electron chi connectivity index (χ4n) is 3.08. The van der Waals surface area contributed by atoms with Crippen LogP contribution in [0.4, 0.5) is 11.4 Å². The SMILES string of the molecule is Cc1cccc(C(=O)N2CCN(c3ccc(O)cc3)CC2)c1[N+](=O)[O-]. The minimum Gasteiger partial charge on any atom is -0.508 e. The molecule has 0 unspecified atom stereocenters. The molecule has 3 rings (SSSR count). The van der Waals surface area contributed by atoms with Gasteiger partial charge in [-0.1, -0.05) is 12.1 Å². The molecular weight excluding hydrogens is 322 g/mol. The van der Waals surface area contributed by atoms with E-state index >= 15 is 0 Å². The average Bonchev–Trinajstić information content (AvgIpc) is 2.61. The van der Waals surface area contributed by atoms with Crippen LogP contribution in [0.1, 0.15) is 15.9 Å². The van der Waals surface area contributed by atoms with Crippen molar-refractivity contribution in [1.82, 2.24) is 4.90 Å². The van der Waals surface area contributed by atoms with Crippen LogP contribution < -0.4 is 4.90 Å². The van der Waals surface area contributed by atoms with E-state index in [9.17, 15) is 20.0 Å². The summed E-state index contributed by atoms with van der Waals surface area (Å²) in [6.07, 6.45) is 0. The lowest BCUT2D eigenvalue weighted by atomic mass is 10.1. The van der Waals surface area contributed by atoms with Gasteiger partial charge in [0.05, 0.1) is 4.92 Å². The number of benzene rings is 2. The number of nitro groups is 1. The molecule has 0 saturated carbocycles. The number of aromatic hydroxyl groups is 1. The smallest absolute Gasteiger partial charge is 0.285 e. The van der Waals surface area contributed by atoms with Crippen LogP contribution in [0.3, 0.4) is 0 Å². The molecule has 1 aliphatic rings. The van der Waals surface area contributed by atoms with E-state index in [1.807, 2.05) is 12.1 Å². The zero-order valence-electron chi connectivity index (χ0n) is 13.9. The number of aryl methyl sites for hydroxylation is 1. The molecule has 0 bridgehead atoms. The molecule has 25 heavy (non-hydrogen) atoms. The van der Waals surface area contributed by atoms with Gasteiger partial charge in [-0.2, -0.15) is 0 Å². The van der Waals surface area contributed by atoms with Gasteiger partial charge in [0.2, 0.25) is 0 Å². The van der Waals surface area contributed by atoms with E-state index in [2.05, 4.69) is 4.90 Å². The van der Waals surface area contributed by atoms with Crippen molar-refractivity contribution in [3.63, 3.8) is 0 Å². The van der Waals surface area contributed by atoms with Crippen molar-refractivity contribution < 1.29 is 14.8 Å². The Bertz CT molecular complexity index is 796. The number of rotatable bonds is 3. The molecule has 1 aliphatic heterocycles. The summed E-state index contributed by atoms with van der Waals surface area (Å²) in [6.45, 7) is 3.89. The molecule has 0 aromatic heterocycles. The van der Waals surface area contributed by atoms with Gasteiger partial charge in [-0.15, -0.1) is 0 Å². The number of amides is 1. The van der Waals surface area contributed by atoms with Crippen LogP contribution in [-0.4, -0.2) is 47.0 Å². The molecule has 1 saturated heterocycles. The third kappa shape index (κ3) is 3.40. The van der Waals surface area contributed by atoms with Gasteiger partial charge in [-0.25, -0.2) is 0 Å². The van der Waals surface area contributed by atoms with Crippen molar-refractivity contribution in [2.75, 3.05) is 31.1 Å². The summed E-state index contributed by atoms with van der Waals surface area (Å²) in [5.41, 5.74) is 1.49. The summed E-state index contributed by atoms with van der Waals surface area (Å²) in [6, 6.07) is 11.7. The van der Waals surface area contributed by atoms with Gasteiger partial charge < -0.3 is 14.9 Å². The molecule has 1 heterocycles. The van der Waals surface area contributed by atoms with Crippen molar-refractivity contribution in [2.24, 2.45) is 0 Å². The molecular formula is C18H19N3O4. The Balaban J connectivity index is 1.73. The lowest BCUT2D eigenvalue weighted by Crippen LogP contribution is -2.48. The van der Waals surface area contributed by atoms with Crippen LogP contribution in [0.5, 0.6) is 5.75 Å². The predicted octanol–water partition coefficient (Wildman–Crippen LogP) is 2.57. The van der Waals surface area contributed by atoms with Crippen LogP contribution >= 0.6 is 0 Å². The molecule has 0 spiro atoms. The normalized spacial score (nSPS) is 14.4. The first-order chi connectivity index (χ1) is 12.0. The zero-order chi connectivity index (χ0) is 18.0. The van der Waals surface area contributed by atoms with Gasteiger partial charge in [0.15, 0.2) is 0 Å². The highest BCUT2D eigenvalue weighted by atomic mass is 16.6. The number of piperazine rings is 1. The number of nitrogens with zero attached hydrogens (tertiary/aromatic N) is 3. The van der Waals surface area contributed by atoms with Crippen LogP contribution in [0, 0.1) is 17.0 Å². The maximum atomic E-state index is 12.7. The second-order valence-electron chi connectivity index (χ2n) is 6.02. The highest BCUT2D eigenvalue weighted by Crippen LogP contribution is 2.26. The van der Waals surface area contributed by atoms with Crippen LogP contribution in [0.25, 0.3) is 0 Å². The Kier molecular flexibility index (Phi) is 4.56. The maximum Gasteiger partial charge on any atom is 0.285 e. The lowest BCUT2D eigenvalue weighted by Gasteiger charge is -2.36. The van der Waals surface area contributed by atoms with E-state index in [0.717, 1.165) is 5.69 Å². The molecule has 1 amide bonds. The highest BCUT2D eigenvalue weighted by molar-refractivity contribution is 5.98. The van der Waals surface area contributed by atoms with Gasteiger partial charge >= 0.3 is 0 Å². The van der Waals surface area contributed by atoms with Gasteiger partial charge in [0, 0.05) is 37.4 Å². The number of hydrogen-bond acceptors (Lipinski definition) is 5. The maximum absolute atomic E-state index is 12.7. The van der Waals surface area contributed by atoms with E-state index in [4.69, 9.17) is 0 Å². The van der Waals surface area contributed by atoms with Gasteiger partial charge in [-0.3, -0.25) is 14.9 Å². The number of anilines is 1. The summed E-state index contributed by atoms with van der Waals surface area (Å²) < 4.78 is 0. The van der Waals surface area contributed by atoms with Crippen molar-refractivity contribution >= 4 is 17.3 Å². The Morgan fingerprint density at radius 3 is 2.32 bits per heavy atom. The Hall–Kier alpha value is -3.09. The van der Waals surface area contributed by atoms with E-state index < -0.39 is 4.92 Å². The Morgan fingerprint density at radius 2 is 1.72 bits per heavy atom. The van der Waals surface area contributed by atoms with Gasteiger partial charge in [0.25, 0.3) is 11.6 Å². The second-order valence-corrected chi connectivity index (χ2v) is 6.02. The summed E-state index contributed by atoms with van der Waals surface area (Å²) >= 11 is 0. The van der Waals surface area contributed by atoms with Crippen molar-refractivity contribution in [2.45, 2.75) is 6.92 Å². The molecule has 0 aliphatic carbocycles. The minimum absolute atomic E-state index is 0.117. The quantitative estimate of drug-likeness (QED) is 0.685. The topological polar surface area (TPSA) is 86.9 Å². The molecule has 7 nitrogen and oxygen atoms in total. The van der Waals surface area contributed by atoms with E-state index in [0.29, 0.717) is 31.7 Å². The van der Waals surface area contributed by atoms with E-state index in [-0.39, 0.29) is 22.9 Å². The fourth-order valence-corrected chi connectivity index (χ4v) is 3.08. The third-order valence-corrected chi connectivity index (χ3v) is 4.43. The minimum atomic E-state index is -0.491. The molecule has 2 aromatic carbocycles. The molecule has 7 heteroatoms. The molecule has 2 aromatic rings. The highest BCUT2D eigenvalue weighted by Gasteiger charge is 2.28. The molecule has 130 valence electrons. The number of carbonyl (C=O) groups is 1. The molecule has 1 fully saturated rings. The molecule has 0 atom stereocenters. The second kappa shape index (κ2) is 6.80. The van der Waals surface area contributed by atoms with E-state index in [1.54, 1.807) is 36.1 Å². The third-order valence-electron chi connectivity index (χ3n) is 4.43. The number of phenolic OH excluding ortho intramolecular Hbond substituents is 1. The molecule has 0 radical (unpaired) electrons. The van der Waals surface area contributed by atoms with Crippen LogP contribution in [0.2, 0.25) is 0 Å². The predicted molar refractivity (Wildman–Crippen MR) is 94.1 cm³/mol. The van der Waals surface area contributed by atoms with Crippen molar-refractivity contribution in [3.8, 4) is 5.75 Å². The number of nitro benzene ring substituents is 1. The first-order valence-electron chi connectivity index (χ1n) is 8.04. The standard InChI is InChI=1S/C18H19N3O4/c1-13-3-2-4-16(17(13)21(24)25)18(23)20-11-9-19(10-12-20)14-5-7-15(22)8-6-14/h2-8,22H,9-12H2,1H3. The largest absolute Gasteiger partial charge is 0.508 e. The Labute approximate surface area is 145 Å². The van der Waals surface area contributed by atoms with Gasteiger partial charge in [0.1, 0.15) is 11.3 Å². The van der Waals surface area contributed by atoms with Crippen molar-refractivity contribution in [1.29, 1.82) is 0 Å². The fraction of sp³-hybridized carbons (Fsp3) is 0.278. The van der Waals surface area contributed by atoms with Crippen molar-refractivity contribution in [3.05, 3.63) is 63.7 Å². The summed E-state index contributed by atoms with van der Waals surface area (Å²) in [5, 5.41) is 20.7. The Morgan fingerprint density at radius 1 is 1.08 bits per heavy atom. The number of hydrogen-bond donors (Lipinski definition) is 1. The average molecular weight is 341 g/mol. The summed E-state index contributed by atoms with van der Waals surface area (Å²) in [5.74, 6) is -0.0925. The lowest BCUT2D eigenvalue weighted by molar-refractivity contribution is -0.385. The van der Waals surface area contributed by atoms with E-state index in [1.165, 1.54) is 6.07 Å².